The number of hydrogen-bond acceptors (Lipinski definition) is 8. The first kappa shape index (κ1) is 20.9. The van der Waals surface area contributed by atoms with Crippen molar-refractivity contribution in [2.24, 2.45) is 0 Å². The topological polar surface area (TPSA) is 123 Å². The average molecular weight is 402 g/mol. The summed E-state index contributed by atoms with van der Waals surface area (Å²) in [6.45, 7) is 1.22. The van der Waals surface area contributed by atoms with Crippen molar-refractivity contribution in [3.63, 3.8) is 0 Å². The Hall–Kier alpha value is -2.40. The number of carbonyl (C=O) groups excluding carboxylic acids is 3. The van der Waals surface area contributed by atoms with Gasteiger partial charge in [-0.25, -0.2) is 8.42 Å². The minimum absolute atomic E-state index is 0.0568. The summed E-state index contributed by atoms with van der Waals surface area (Å²) in [5.74, 6) is -2.56. The number of ether oxygens (including phenoxy) is 2. The van der Waals surface area contributed by atoms with Crippen LogP contribution in [-0.2, 0) is 29.1 Å². The number of methoxy groups -OCH3 is 2. The first-order valence-electron chi connectivity index (χ1n) is 8.24. The summed E-state index contributed by atoms with van der Waals surface area (Å²) < 4.78 is 41.1. The molecule has 0 bridgehead atoms. The van der Waals surface area contributed by atoms with Crippen molar-refractivity contribution in [1.29, 1.82) is 0 Å². The van der Waals surface area contributed by atoms with Gasteiger partial charge in [0.1, 0.15) is 23.7 Å². The molecule has 1 aliphatic rings. The van der Waals surface area contributed by atoms with Crippen LogP contribution < -0.4 is 0 Å². The molecule has 11 heteroatoms. The van der Waals surface area contributed by atoms with Gasteiger partial charge in [-0.3, -0.25) is 14.4 Å². The summed E-state index contributed by atoms with van der Waals surface area (Å²) in [4.78, 5) is 36.5. The van der Waals surface area contributed by atoms with E-state index in [1.165, 1.54) is 11.2 Å². The Kier molecular flexibility index (Phi) is 6.60. The monoisotopic (exact) mass is 402 g/mol. The molecular formula is C16H22N2O8S. The summed E-state index contributed by atoms with van der Waals surface area (Å²) in [6.07, 6.45) is 1.54. The number of nitrogens with zero attached hydrogens (tertiary/aromatic N) is 2. The predicted molar refractivity (Wildman–Crippen MR) is 91.4 cm³/mol. The van der Waals surface area contributed by atoms with E-state index < -0.39 is 41.0 Å². The zero-order chi connectivity index (χ0) is 20.2. The van der Waals surface area contributed by atoms with E-state index in [1.54, 1.807) is 0 Å². The molecule has 2 rings (SSSR count). The SMILES string of the molecule is COC(=O)CN(CC(=O)OC)C(=O)c1cc(S(=O)(=O)N2CCCC2)c(C)o1. The molecule has 0 radical (unpaired) electrons. The van der Waals surface area contributed by atoms with E-state index in [0.717, 1.165) is 38.0 Å². The number of furan rings is 1. The molecule has 10 nitrogen and oxygen atoms in total. The van der Waals surface area contributed by atoms with E-state index in [1.807, 2.05) is 0 Å². The lowest BCUT2D eigenvalue weighted by atomic mass is 10.3. The molecule has 0 saturated carbocycles. The van der Waals surface area contributed by atoms with Gasteiger partial charge in [-0.1, -0.05) is 0 Å². The molecule has 150 valence electrons. The highest BCUT2D eigenvalue weighted by atomic mass is 32.2. The van der Waals surface area contributed by atoms with Crippen molar-refractivity contribution in [1.82, 2.24) is 9.21 Å². The lowest BCUT2D eigenvalue weighted by Crippen LogP contribution is -2.40. The Balaban J connectivity index is 2.30. The van der Waals surface area contributed by atoms with E-state index in [-0.39, 0.29) is 16.4 Å². The molecule has 1 aliphatic heterocycles. The number of hydrogen-bond donors (Lipinski definition) is 0. The molecule has 0 unspecified atom stereocenters. The van der Waals surface area contributed by atoms with Crippen molar-refractivity contribution < 1.29 is 36.7 Å². The highest BCUT2D eigenvalue weighted by Crippen LogP contribution is 2.27. The molecule has 0 aliphatic carbocycles. The van der Waals surface area contributed by atoms with Crippen molar-refractivity contribution in [2.75, 3.05) is 40.4 Å². The third-order valence-electron chi connectivity index (χ3n) is 4.15. The first-order valence-corrected chi connectivity index (χ1v) is 9.68. The summed E-state index contributed by atoms with van der Waals surface area (Å²) >= 11 is 0. The van der Waals surface area contributed by atoms with Crippen molar-refractivity contribution >= 4 is 27.9 Å². The van der Waals surface area contributed by atoms with Gasteiger partial charge in [-0.2, -0.15) is 4.31 Å². The molecule has 0 aromatic carbocycles. The quantitative estimate of drug-likeness (QED) is 0.591. The van der Waals surface area contributed by atoms with Crippen LogP contribution in [0, 0.1) is 6.92 Å². The van der Waals surface area contributed by atoms with Crippen molar-refractivity contribution in [2.45, 2.75) is 24.7 Å². The van der Waals surface area contributed by atoms with E-state index >= 15 is 0 Å². The smallest absolute Gasteiger partial charge is 0.325 e. The van der Waals surface area contributed by atoms with Gasteiger partial charge < -0.3 is 18.8 Å². The summed E-state index contributed by atoms with van der Waals surface area (Å²) in [7, 11) is -1.50. The predicted octanol–water partition coefficient (Wildman–Crippen LogP) is 0.161. The fraction of sp³-hybridized carbons (Fsp3) is 0.562. The van der Waals surface area contributed by atoms with Crippen molar-refractivity contribution in [3.8, 4) is 0 Å². The van der Waals surface area contributed by atoms with E-state index in [9.17, 15) is 22.8 Å². The Bertz CT molecular complexity index is 805. The number of amides is 1. The maximum atomic E-state index is 12.7. The first-order chi connectivity index (χ1) is 12.7. The lowest BCUT2D eigenvalue weighted by molar-refractivity contribution is -0.144. The molecule has 2 heterocycles. The number of rotatable bonds is 7. The van der Waals surface area contributed by atoms with Gasteiger partial charge in [-0.05, 0) is 19.8 Å². The summed E-state index contributed by atoms with van der Waals surface area (Å²) in [6, 6.07) is 1.12. The molecular weight excluding hydrogens is 380 g/mol. The number of esters is 2. The Morgan fingerprint density at radius 3 is 2.11 bits per heavy atom. The van der Waals surface area contributed by atoms with Gasteiger partial charge >= 0.3 is 11.9 Å². The minimum Gasteiger partial charge on any atom is -0.468 e. The molecule has 0 spiro atoms. The Labute approximate surface area is 157 Å². The summed E-state index contributed by atoms with van der Waals surface area (Å²) in [5, 5.41) is 0. The van der Waals surface area contributed by atoms with Gasteiger partial charge in [-0.15, -0.1) is 0 Å². The molecule has 1 aromatic rings. The Morgan fingerprint density at radius 2 is 1.63 bits per heavy atom. The number of sulfonamides is 1. The largest absolute Gasteiger partial charge is 0.468 e. The number of aryl methyl sites for hydroxylation is 1. The van der Waals surface area contributed by atoms with Gasteiger partial charge in [0, 0.05) is 19.2 Å². The molecule has 1 saturated heterocycles. The van der Waals surface area contributed by atoms with Crippen LogP contribution in [0.4, 0.5) is 0 Å². The zero-order valence-electron chi connectivity index (χ0n) is 15.4. The molecule has 0 atom stereocenters. The maximum Gasteiger partial charge on any atom is 0.325 e. The normalized spacial score (nSPS) is 14.8. The second kappa shape index (κ2) is 8.53. The Morgan fingerprint density at radius 1 is 1.11 bits per heavy atom. The van der Waals surface area contributed by atoms with Gasteiger partial charge in [0.2, 0.25) is 10.0 Å². The minimum atomic E-state index is -3.78. The molecule has 1 amide bonds. The van der Waals surface area contributed by atoms with Gasteiger partial charge in [0.15, 0.2) is 5.76 Å². The fourth-order valence-electron chi connectivity index (χ4n) is 2.69. The molecule has 1 aromatic heterocycles. The second-order valence-electron chi connectivity index (χ2n) is 5.96. The second-order valence-corrected chi connectivity index (χ2v) is 7.86. The number of carbonyl (C=O) groups is 3. The van der Waals surface area contributed by atoms with E-state index in [2.05, 4.69) is 9.47 Å². The molecule has 0 N–H and O–H groups in total. The summed E-state index contributed by atoms with van der Waals surface area (Å²) in [5.41, 5.74) is 0. The third-order valence-corrected chi connectivity index (χ3v) is 6.15. The van der Waals surface area contributed by atoms with Crippen LogP contribution in [0.1, 0.15) is 29.2 Å². The standard InChI is InChI=1S/C16H22N2O8S/c1-11-13(27(22,23)18-6-4-5-7-18)8-12(26-11)16(21)17(9-14(19)24-2)10-15(20)25-3/h8H,4-7,9-10H2,1-3H3. The van der Waals surface area contributed by atoms with Crippen molar-refractivity contribution in [3.05, 3.63) is 17.6 Å². The van der Waals surface area contributed by atoms with E-state index in [4.69, 9.17) is 4.42 Å². The molecule has 27 heavy (non-hydrogen) atoms. The average Bonchev–Trinajstić information content (AvgIpc) is 3.30. The third kappa shape index (κ3) is 4.66. The van der Waals surface area contributed by atoms with E-state index in [0.29, 0.717) is 13.1 Å². The van der Waals surface area contributed by atoms with Crippen LogP contribution in [0.5, 0.6) is 0 Å². The van der Waals surface area contributed by atoms with Crippen LogP contribution in [0.25, 0.3) is 0 Å². The highest BCUT2D eigenvalue weighted by Gasteiger charge is 2.33. The maximum absolute atomic E-state index is 12.7. The van der Waals surface area contributed by atoms with Crippen LogP contribution in [0.15, 0.2) is 15.4 Å². The lowest BCUT2D eigenvalue weighted by Gasteiger charge is -2.18. The van der Waals surface area contributed by atoms with Crippen LogP contribution in [0.3, 0.4) is 0 Å². The highest BCUT2D eigenvalue weighted by molar-refractivity contribution is 7.89. The molecule has 1 fully saturated rings. The van der Waals surface area contributed by atoms with Crippen LogP contribution in [0.2, 0.25) is 0 Å². The van der Waals surface area contributed by atoms with Crippen LogP contribution >= 0.6 is 0 Å². The van der Waals surface area contributed by atoms with Gasteiger partial charge in [0.05, 0.1) is 14.2 Å². The fourth-order valence-corrected chi connectivity index (χ4v) is 4.37. The van der Waals surface area contributed by atoms with Crippen LogP contribution in [-0.4, -0.2) is 75.9 Å². The zero-order valence-corrected chi connectivity index (χ0v) is 16.2. The van der Waals surface area contributed by atoms with Gasteiger partial charge in [0.25, 0.3) is 5.91 Å².